The van der Waals surface area contributed by atoms with E-state index in [9.17, 15) is 0 Å². The third-order valence-electron chi connectivity index (χ3n) is 4.68. The Labute approximate surface area is 119 Å². The predicted octanol–water partition coefficient (Wildman–Crippen LogP) is 0.554. The smallest absolute Gasteiger partial charge is 0.0347 e. The molecule has 4 nitrogen and oxygen atoms in total. The lowest BCUT2D eigenvalue weighted by Crippen LogP contribution is -2.54. The first-order chi connectivity index (χ1) is 9.19. The Morgan fingerprint density at radius 2 is 1.95 bits per heavy atom. The maximum atomic E-state index is 3.57. The van der Waals surface area contributed by atoms with Gasteiger partial charge in [-0.2, -0.15) is 0 Å². The van der Waals surface area contributed by atoms with E-state index in [1.165, 1.54) is 65.2 Å². The lowest BCUT2D eigenvalue weighted by atomic mass is 10.1. The number of piperazine rings is 1. The highest BCUT2D eigenvalue weighted by molar-refractivity contribution is 4.85. The molecule has 2 saturated heterocycles. The molecule has 4 heteroatoms. The van der Waals surface area contributed by atoms with E-state index in [2.05, 4.69) is 41.0 Å². The fourth-order valence-electron chi connectivity index (χ4n) is 3.32. The van der Waals surface area contributed by atoms with Gasteiger partial charge in [0.1, 0.15) is 0 Å². The molecule has 0 radical (unpaired) electrons. The van der Waals surface area contributed by atoms with Gasteiger partial charge < -0.3 is 15.1 Å². The van der Waals surface area contributed by atoms with Crippen molar-refractivity contribution in [3.05, 3.63) is 0 Å². The SMILES string of the molecule is CCCNCC1CCN(CC2CN(C)CCN2C)C1. The summed E-state index contributed by atoms with van der Waals surface area (Å²) in [4.78, 5) is 7.70. The van der Waals surface area contributed by atoms with Crippen molar-refractivity contribution in [2.75, 3.05) is 66.5 Å². The van der Waals surface area contributed by atoms with Gasteiger partial charge in [0, 0.05) is 38.8 Å². The molecule has 0 aromatic heterocycles. The van der Waals surface area contributed by atoms with Crippen LogP contribution in [0.4, 0.5) is 0 Å². The average molecular weight is 268 g/mol. The van der Waals surface area contributed by atoms with E-state index in [0.29, 0.717) is 0 Å². The fourth-order valence-corrected chi connectivity index (χ4v) is 3.32. The molecule has 0 aromatic carbocycles. The zero-order valence-corrected chi connectivity index (χ0v) is 13.1. The summed E-state index contributed by atoms with van der Waals surface area (Å²) in [6.07, 6.45) is 2.62. The number of nitrogens with zero attached hydrogens (tertiary/aromatic N) is 3. The van der Waals surface area contributed by atoms with Crippen LogP contribution in [0.3, 0.4) is 0 Å². The summed E-state index contributed by atoms with van der Waals surface area (Å²) in [6.45, 7) is 12.1. The molecule has 2 fully saturated rings. The van der Waals surface area contributed by atoms with Crippen LogP contribution in [0, 0.1) is 5.92 Å². The van der Waals surface area contributed by atoms with Gasteiger partial charge in [-0.25, -0.2) is 0 Å². The van der Waals surface area contributed by atoms with Crippen LogP contribution in [-0.2, 0) is 0 Å². The Bertz CT molecular complexity index is 259. The van der Waals surface area contributed by atoms with Gasteiger partial charge in [-0.05, 0) is 52.5 Å². The molecule has 2 heterocycles. The van der Waals surface area contributed by atoms with Gasteiger partial charge in [0.25, 0.3) is 0 Å². The Hall–Kier alpha value is -0.160. The van der Waals surface area contributed by atoms with Crippen LogP contribution in [0.5, 0.6) is 0 Å². The standard InChI is InChI=1S/C15H32N4/c1-4-6-16-10-14-5-7-19(11-14)13-15-12-17(2)8-9-18(15)3/h14-16H,4-13H2,1-3H3. The molecule has 2 unspecified atom stereocenters. The maximum Gasteiger partial charge on any atom is 0.0347 e. The van der Waals surface area contributed by atoms with Crippen molar-refractivity contribution in [1.29, 1.82) is 0 Å². The highest BCUT2D eigenvalue weighted by atomic mass is 15.3. The Morgan fingerprint density at radius 1 is 1.11 bits per heavy atom. The van der Waals surface area contributed by atoms with Gasteiger partial charge in [-0.1, -0.05) is 6.92 Å². The van der Waals surface area contributed by atoms with Gasteiger partial charge in [0.15, 0.2) is 0 Å². The van der Waals surface area contributed by atoms with E-state index in [0.717, 1.165) is 12.0 Å². The molecular formula is C15H32N4. The zero-order chi connectivity index (χ0) is 13.7. The van der Waals surface area contributed by atoms with Crippen molar-refractivity contribution in [3.8, 4) is 0 Å². The molecule has 2 aliphatic heterocycles. The fraction of sp³-hybridized carbons (Fsp3) is 1.00. The number of likely N-dealkylation sites (N-methyl/N-ethyl adjacent to an activating group) is 2. The van der Waals surface area contributed by atoms with Gasteiger partial charge in [-0.3, -0.25) is 4.90 Å². The van der Waals surface area contributed by atoms with Gasteiger partial charge in [0.2, 0.25) is 0 Å². The molecule has 0 saturated carbocycles. The zero-order valence-electron chi connectivity index (χ0n) is 13.1. The summed E-state index contributed by atoms with van der Waals surface area (Å²) in [5.41, 5.74) is 0. The number of hydrogen-bond donors (Lipinski definition) is 1. The predicted molar refractivity (Wildman–Crippen MR) is 81.6 cm³/mol. The van der Waals surface area contributed by atoms with E-state index in [-0.39, 0.29) is 0 Å². The van der Waals surface area contributed by atoms with Crippen molar-refractivity contribution >= 4 is 0 Å². The molecule has 2 rings (SSSR count). The molecule has 0 aromatic rings. The molecule has 0 spiro atoms. The number of nitrogens with one attached hydrogen (secondary N) is 1. The van der Waals surface area contributed by atoms with Crippen LogP contribution in [0.25, 0.3) is 0 Å². The number of rotatable bonds is 6. The second-order valence-electron chi connectivity index (χ2n) is 6.52. The highest BCUT2D eigenvalue weighted by Gasteiger charge is 2.28. The molecule has 2 atom stereocenters. The van der Waals surface area contributed by atoms with Gasteiger partial charge >= 0.3 is 0 Å². The van der Waals surface area contributed by atoms with Crippen molar-refractivity contribution in [2.24, 2.45) is 5.92 Å². The minimum atomic E-state index is 0.723. The molecule has 0 bridgehead atoms. The third kappa shape index (κ3) is 4.71. The van der Waals surface area contributed by atoms with Crippen LogP contribution >= 0.6 is 0 Å². The van der Waals surface area contributed by atoms with E-state index in [1.54, 1.807) is 0 Å². The van der Waals surface area contributed by atoms with Crippen molar-refractivity contribution in [1.82, 2.24) is 20.0 Å². The number of likely N-dealkylation sites (tertiary alicyclic amines) is 1. The largest absolute Gasteiger partial charge is 0.316 e. The van der Waals surface area contributed by atoms with Crippen LogP contribution in [-0.4, -0.2) is 87.2 Å². The topological polar surface area (TPSA) is 21.8 Å². The van der Waals surface area contributed by atoms with E-state index < -0.39 is 0 Å². The summed E-state index contributed by atoms with van der Waals surface area (Å²) >= 11 is 0. The summed E-state index contributed by atoms with van der Waals surface area (Å²) in [7, 11) is 4.54. The summed E-state index contributed by atoms with van der Waals surface area (Å²) in [5, 5.41) is 3.57. The molecule has 0 amide bonds. The first-order valence-electron chi connectivity index (χ1n) is 8.01. The van der Waals surface area contributed by atoms with E-state index in [4.69, 9.17) is 0 Å². The van der Waals surface area contributed by atoms with E-state index in [1.807, 2.05) is 0 Å². The second-order valence-corrected chi connectivity index (χ2v) is 6.52. The molecule has 1 N–H and O–H groups in total. The molecule has 19 heavy (non-hydrogen) atoms. The van der Waals surface area contributed by atoms with Crippen molar-refractivity contribution in [2.45, 2.75) is 25.8 Å². The van der Waals surface area contributed by atoms with Gasteiger partial charge in [0.05, 0.1) is 0 Å². The summed E-state index contributed by atoms with van der Waals surface area (Å²) in [6, 6.07) is 0.723. The van der Waals surface area contributed by atoms with Crippen molar-refractivity contribution in [3.63, 3.8) is 0 Å². The molecule has 112 valence electrons. The van der Waals surface area contributed by atoms with Gasteiger partial charge in [-0.15, -0.1) is 0 Å². The lowest BCUT2D eigenvalue weighted by Gasteiger charge is -2.39. The third-order valence-corrected chi connectivity index (χ3v) is 4.68. The van der Waals surface area contributed by atoms with Crippen LogP contribution in [0.15, 0.2) is 0 Å². The second kappa shape index (κ2) is 7.58. The van der Waals surface area contributed by atoms with Crippen LogP contribution < -0.4 is 5.32 Å². The minimum Gasteiger partial charge on any atom is -0.316 e. The normalized spacial score (nSPS) is 31.1. The summed E-state index contributed by atoms with van der Waals surface area (Å²) < 4.78 is 0. The van der Waals surface area contributed by atoms with Crippen LogP contribution in [0.1, 0.15) is 19.8 Å². The van der Waals surface area contributed by atoms with E-state index >= 15 is 0 Å². The maximum absolute atomic E-state index is 3.57. The first kappa shape index (κ1) is 15.2. The minimum absolute atomic E-state index is 0.723. The molecule has 0 aliphatic carbocycles. The Morgan fingerprint density at radius 3 is 2.74 bits per heavy atom. The monoisotopic (exact) mass is 268 g/mol. The summed E-state index contributed by atoms with van der Waals surface area (Å²) in [5.74, 6) is 0.873. The highest BCUT2D eigenvalue weighted by Crippen LogP contribution is 2.17. The average Bonchev–Trinajstić information content (AvgIpc) is 2.82. The Balaban J connectivity index is 1.69. The Kier molecular flexibility index (Phi) is 6.07. The molecular weight excluding hydrogens is 236 g/mol. The van der Waals surface area contributed by atoms with Crippen molar-refractivity contribution < 1.29 is 0 Å². The van der Waals surface area contributed by atoms with Crippen LogP contribution in [0.2, 0.25) is 0 Å². The molecule has 2 aliphatic rings. The first-order valence-corrected chi connectivity index (χ1v) is 8.01. The number of hydrogen-bond acceptors (Lipinski definition) is 4. The quantitative estimate of drug-likeness (QED) is 0.710. The lowest BCUT2D eigenvalue weighted by molar-refractivity contribution is 0.0880.